The molecule has 4 N–H and O–H groups in total. The lowest BCUT2D eigenvalue weighted by Crippen LogP contribution is -2.43. The Labute approximate surface area is 156 Å². The number of nitrogens with two attached hydrogens (primary N) is 1. The number of hydrogen-bond donors (Lipinski definition) is 3. The van der Waals surface area contributed by atoms with Gasteiger partial charge in [-0.05, 0) is 55.3 Å². The van der Waals surface area contributed by atoms with Crippen LogP contribution in [0.15, 0.2) is 47.4 Å². The lowest BCUT2D eigenvalue weighted by molar-refractivity contribution is -0.119. The quantitative estimate of drug-likeness (QED) is 0.666. The molecular formula is C18H20FN3O4S. The summed E-state index contributed by atoms with van der Waals surface area (Å²) in [5.74, 6) is -1.74. The summed E-state index contributed by atoms with van der Waals surface area (Å²) in [5.41, 5.74) is 6.00. The Balaban J connectivity index is 2.24. The van der Waals surface area contributed by atoms with Crippen molar-refractivity contribution in [1.82, 2.24) is 4.72 Å². The second-order valence-electron chi connectivity index (χ2n) is 5.93. The number of sulfonamides is 1. The van der Waals surface area contributed by atoms with Gasteiger partial charge in [-0.3, -0.25) is 9.59 Å². The van der Waals surface area contributed by atoms with E-state index in [9.17, 15) is 22.4 Å². The van der Waals surface area contributed by atoms with Gasteiger partial charge in [0.1, 0.15) is 11.9 Å². The number of nitrogens with one attached hydrogen (secondary N) is 2. The maximum absolute atomic E-state index is 13.3. The molecule has 0 saturated carbocycles. The van der Waals surface area contributed by atoms with Crippen molar-refractivity contribution in [3.63, 3.8) is 0 Å². The van der Waals surface area contributed by atoms with Crippen LogP contribution in [0.5, 0.6) is 0 Å². The first-order valence-electron chi connectivity index (χ1n) is 8.13. The SMILES string of the molecule is CC[C@@H](NS(=O)(=O)c1cccc(C(=O)Nc2ccc(F)c(C)c2)c1)C(N)=O. The molecular weight excluding hydrogens is 373 g/mol. The van der Waals surface area contributed by atoms with Crippen LogP contribution in [0.2, 0.25) is 0 Å². The Hall–Kier alpha value is -2.78. The van der Waals surface area contributed by atoms with E-state index in [4.69, 9.17) is 5.73 Å². The third kappa shape index (κ3) is 5.11. The first kappa shape index (κ1) is 20.5. The Morgan fingerprint density at radius 1 is 1.19 bits per heavy atom. The lowest BCUT2D eigenvalue weighted by Gasteiger charge is -2.14. The average molecular weight is 393 g/mol. The highest BCUT2D eigenvalue weighted by atomic mass is 32.2. The number of halogens is 1. The Morgan fingerprint density at radius 2 is 1.89 bits per heavy atom. The van der Waals surface area contributed by atoms with Gasteiger partial charge < -0.3 is 11.1 Å². The zero-order valence-electron chi connectivity index (χ0n) is 14.8. The van der Waals surface area contributed by atoms with Crippen molar-refractivity contribution in [1.29, 1.82) is 0 Å². The number of benzene rings is 2. The third-order valence-electron chi connectivity index (χ3n) is 3.87. The second-order valence-corrected chi connectivity index (χ2v) is 7.64. The molecule has 0 aliphatic rings. The number of anilines is 1. The van der Waals surface area contributed by atoms with Gasteiger partial charge in [0.25, 0.3) is 5.91 Å². The normalized spacial score (nSPS) is 12.4. The van der Waals surface area contributed by atoms with E-state index in [1.165, 1.54) is 42.5 Å². The monoisotopic (exact) mass is 393 g/mol. The van der Waals surface area contributed by atoms with Crippen LogP contribution in [0.4, 0.5) is 10.1 Å². The van der Waals surface area contributed by atoms with Crippen molar-refractivity contribution in [2.75, 3.05) is 5.32 Å². The summed E-state index contributed by atoms with van der Waals surface area (Å²) in [7, 11) is -4.04. The number of primary amides is 1. The fourth-order valence-corrected chi connectivity index (χ4v) is 3.66. The summed E-state index contributed by atoms with van der Waals surface area (Å²) in [4.78, 5) is 23.5. The van der Waals surface area contributed by atoms with Crippen LogP contribution in [0.25, 0.3) is 0 Å². The minimum Gasteiger partial charge on any atom is -0.368 e. The molecule has 0 fully saturated rings. The van der Waals surface area contributed by atoms with Crippen LogP contribution in [0.3, 0.4) is 0 Å². The first-order valence-corrected chi connectivity index (χ1v) is 9.61. The van der Waals surface area contributed by atoms with Crippen molar-refractivity contribution in [2.45, 2.75) is 31.2 Å². The number of carbonyl (C=O) groups excluding carboxylic acids is 2. The molecule has 2 amide bonds. The molecule has 27 heavy (non-hydrogen) atoms. The van der Waals surface area contributed by atoms with Crippen LogP contribution in [-0.4, -0.2) is 26.3 Å². The van der Waals surface area contributed by atoms with E-state index in [2.05, 4.69) is 10.0 Å². The molecule has 144 valence electrons. The maximum Gasteiger partial charge on any atom is 0.255 e. The van der Waals surface area contributed by atoms with E-state index in [0.29, 0.717) is 11.3 Å². The highest BCUT2D eigenvalue weighted by molar-refractivity contribution is 7.89. The number of aryl methyl sites for hydroxylation is 1. The van der Waals surface area contributed by atoms with Crippen molar-refractivity contribution in [2.24, 2.45) is 5.73 Å². The molecule has 0 unspecified atom stereocenters. The highest BCUT2D eigenvalue weighted by Gasteiger charge is 2.23. The van der Waals surface area contributed by atoms with Gasteiger partial charge in [0.05, 0.1) is 4.90 Å². The number of carbonyl (C=O) groups is 2. The molecule has 1 atom stereocenters. The fourth-order valence-electron chi connectivity index (χ4n) is 2.33. The van der Waals surface area contributed by atoms with Gasteiger partial charge in [-0.1, -0.05) is 13.0 Å². The fraction of sp³-hybridized carbons (Fsp3) is 0.222. The van der Waals surface area contributed by atoms with Gasteiger partial charge in [0.15, 0.2) is 0 Å². The smallest absolute Gasteiger partial charge is 0.255 e. The highest BCUT2D eigenvalue weighted by Crippen LogP contribution is 2.17. The van der Waals surface area contributed by atoms with E-state index in [0.717, 1.165) is 0 Å². The lowest BCUT2D eigenvalue weighted by atomic mass is 10.2. The number of hydrogen-bond acceptors (Lipinski definition) is 4. The van der Waals surface area contributed by atoms with E-state index in [-0.39, 0.29) is 16.9 Å². The molecule has 9 heteroatoms. The predicted octanol–water partition coefficient (Wildman–Crippen LogP) is 1.93. The largest absolute Gasteiger partial charge is 0.368 e. The van der Waals surface area contributed by atoms with Crippen LogP contribution in [0, 0.1) is 12.7 Å². The molecule has 2 aromatic carbocycles. The minimum absolute atomic E-state index is 0.0898. The Bertz CT molecular complexity index is 976. The third-order valence-corrected chi connectivity index (χ3v) is 5.34. The van der Waals surface area contributed by atoms with Crippen LogP contribution < -0.4 is 15.8 Å². The van der Waals surface area contributed by atoms with Gasteiger partial charge in [0.2, 0.25) is 15.9 Å². The van der Waals surface area contributed by atoms with E-state index < -0.39 is 33.7 Å². The summed E-state index contributed by atoms with van der Waals surface area (Å²) in [5, 5.41) is 2.58. The van der Waals surface area contributed by atoms with Crippen LogP contribution >= 0.6 is 0 Å². The molecule has 0 saturated heterocycles. The summed E-state index contributed by atoms with van der Waals surface area (Å²) in [6.45, 7) is 3.18. The van der Waals surface area contributed by atoms with Gasteiger partial charge >= 0.3 is 0 Å². The summed E-state index contributed by atoms with van der Waals surface area (Å²) >= 11 is 0. The van der Waals surface area contributed by atoms with E-state index in [1.807, 2.05) is 0 Å². The molecule has 0 radical (unpaired) electrons. The molecule has 7 nitrogen and oxygen atoms in total. The van der Waals surface area contributed by atoms with Crippen molar-refractivity contribution in [3.8, 4) is 0 Å². The van der Waals surface area contributed by atoms with Crippen LogP contribution in [0.1, 0.15) is 29.3 Å². The standard InChI is InChI=1S/C18H20FN3O4S/c1-3-16(17(20)23)22-27(25,26)14-6-4-5-12(10-14)18(24)21-13-7-8-15(19)11(2)9-13/h4-10,16,22H,3H2,1-2H3,(H2,20,23)(H,21,24)/t16-/m1/s1. The molecule has 0 aliphatic heterocycles. The average Bonchev–Trinajstić information content (AvgIpc) is 2.62. The molecule has 0 aliphatic carbocycles. The predicted molar refractivity (Wildman–Crippen MR) is 99.1 cm³/mol. The first-order chi connectivity index (χ1) is 12.6. The van der Waals surface area contributed by atoms with Gasteiger partial charge in [-0.15, -0.1) is 0 Å². The molecule has 0 bridgehead atoms. The summed E-state index contributed by atoms with van der Waals surface area (Å²) in [6, 6.07) is 8.38. The number of rotatable bonds is 7. The Kier molecular flexibility index (Phi) is 6.29. The zero-order valence-corrected chi connectivity index (χ0v) is 15.6. The van der Waals surface area contributed by atoms with Gasteiger partial charge in [-0.2, -0.15) is 4.72 Å². The summed E-state index contributed by atoms with van der Waals surface area (Å²) in [6.07, 6.45) is 0.193. The molecule has 2 rings (SSSR count). The maximum atomic E-state index is 13.3. The molecule has 0 spiro atoms. The van der Waals surface area contributed by atoms with Gasteiger partial charge in [0, 0.05) is 11.3 Å². The van der Waals surface area contributed by atoms with Crippen LogP contribution in [-0.2, 0) is 14.8 Å². The van der Waals surface area contributed by atoms with E-state index in [1.54, 1.807) is 13.8 Å². The summed E-state index contributed by atoms with van der Waals surface area (Å²) < 4.78 is 40.4. The van der Waals surface area contributed by atoms with Crippen molar-refractivity contribution in [3.05, 3.63) is 59.4 Å². The van der Waals surface area contributed by atoms with Crippen molar-refractivity contribution >= 4 is 27.5 Å². The van der Waals surface area contributed by atoms with Crippen molar-refractivity contribution < 1.29 is 22.4 Å². The topological polar surface area (TPSA) is 118 Å². The van der Waals surface area contributed by atoms with E-state index >= 15 is 0 Å². The Morgan fingerprint density at radius 3 is 2.48 bits per heavy atom. The molecule has 0 aromatic heterocycles. The van der Waals surface area contributed by atoms with Gasteiger partial charge in [-0.25, -0.2) is 12.8 Å². The minimum atomic E-state index is -4.04. The molecule has 0 heterocycles. The second kappa shape index (κ2) is 8.28. The molecule has 2 aromatic rings. The zero-order chi connectivity index (χ0) is 20.2. The number of amides is 2.